The van der Waals surface area contributed by atoms with E-state index in [1.54, 1.807) is 0 Å². The number of rotatable bonds is 5. The molecule has 0 spiro atoms. The Morgan fingerprint density at radius 1 is 0.421 bits per heavy atom. The van der Waals surface area contributed by atoms with Crippen LogP contribution in [-0.4, -0.2) is 9.13 Å². The Balaban J connectivity index is 1.58. The lowest BCUT2D eigenvalue weighted by molar-refractivity contribution is 0.701. The van der Waals surface area contributed by atoms with Crippen LogP contribution >= 0.6 is 0 Å². The molecule has 0 N–H and O–H groups in total. The summed E-state index contributed by atoms with van der Waals surface area (Å²) < 4.78 is 4.67. The molecule has 2 nitrogen and oxygen atoms in total. The molecule has 0 atom stereocenters. The predicted molar refractivity (Wildman–Crippen MR) is 159 cm³/mol. The minimum absolute atomic E-state index is 0.402. The minimum Gasteiger partial charge on any atom is -0.316 e. The summed E-state index contributed by atoms with van der Waals surface area (Å²) in [5, 5.41) is 2.53. The van der Waals surface area contributed by atoms with Gasteiger partial charge in [0.25, 0.3) is 0 Å². The molecule has 0 aliphatic rings. The van der Waals surface area contributed by atoms with E-state index in [4.69, 9.17) is 0 Å². The lowest BCUT2D eigenvalue weighted by atomic mass is 9.71. The molecule has 0 saturated carbocycles. The summed E-state index contributed by atoms with van der Waals surface area (Å²) in [7, 11) is 0. The zero-order valence-corrected chi connectivity index (χ0v) is 21.3. The average Bonchev–Trinajstić information content (AvgIpc) is 3.59. The maximum atomic E-state index is 2.39. The van der Waals surface area contributed by atoms with Crippen LogP contribution < -0.4 is 0 Å². The molecule has 2 heterocycles. The largest absolute Gasteiger partial charge is 0.316 e. The molecule has 7 aromatic rings. The van der Waals surface area contributed by atoms with Crippen molar-refractivity contribution in [2.45, 2.75) is 12.3 Å². The van der Waals surface area contributed by atoms with Gasteiger partial charge < -0.3 is 9.13 Å². The van der Waals surface area contributed by atoms with Crippen molar-refractivity contribution in [3.63, 3.8) is 0 Å². The van der Waals surface area contributed by atoms with Gasteiger partial charge in [-0.25, -0.2) is 0 Å². The standard InChI is InChI=1S/C36H28N2/c1-36(27-15-5-2-6-16-27,32-25-37(28-17-7-3-8-18-28)34-23-13-11-21-30(32)34)33-26-38(29-19-9-4-10-20-29)35-24-14-12-22-31(33)35/h2-26H,1H3. The predicted octanol–water partition coefficient (Wildman–Crippen LogP) is 8.93. The maximum Gasteiger partial charge on any atom is 0.0531 e. The van der Waals surface area contributed by atoms with Crippen molar-refractivity contribution in [2.24, 2.45) is 0 Å². The summed E-state index contributed by atoms with van der Waals surface area (Å²) in [4.78, 5) is 0. The van der Waals surface area contributed by atoms with Gasteiger partial charge >= 0.3 is 0 Å². The Bertz CT molecular complexity index is 1740. The molecule has 2 heteroatoms. The topological polar surface area (TPSA) is 9.86 Å². The van der Waals surface area contributed by atoms with Crippen molar-refractivity contribution >= 4 is 21.8 Å². The lowest BCUT2D eigenvalue weighted by Crippen LogP contribution is -2.25. The number of para-hydroxylation sites is 4. The zero-order chi connectivity index (χ0) is 25.5. The molecular weight excluding hydrogens is 460 g/mol. The molecule has 0 unspecified atom stereocenters. The number of hydrogen-bond acceptors (Lipinski definition) is 0. The summed E-state index contributed by atoms with van der Waals surface area (Å²) in [5.41, 5.74) is 8.20. The van der Waals surface area contributed by atoms with Crippen LogP contribution in [-0.2, 0) is 5.41 Å². The second-order valence-electron chi connectivity index (χ2n) is 10.0. The zero-order valence-electron chi connectivity index (χ0n) is 21.3. The molecule has 0 aliphatic heterocycles. The fourth-order valence-electron chi connectivity index (χ4n) is 5.99. The summed E-state index contributed by atoms with van der Waals surface area (Å²) in [6.45, 7) is 2.39. The van der Waals surface area contributed by atoms with E-state index in [2.05, 4.69) is 168 Å². The first-order valence-electron chi connectivity index (χ1n) is 13.1. The van der Waals surface area contributed by atoms with Crippen LogP contribution in [0.15, 0.2) is 152 Å². The Kier molecular flexibility index (Phi) is 5.26. The number of nitrogens with zero attached hydrogens (tertiary/aromatic N) is 2. The second kappa shape index (κ2) is 8.93. The quantitative estimate of drug-likeness (QED) is 0.229. The number of hydrogen-bond donors (Lipinski definition) is 0. The van der Waals surface area contributed by atoms with Crippen LogP contribution in [0.2, 0.25) is 0 Å². The summed E-state index contributed by atoms with van der Waals surface area (Å²) >= 11 is 0. The van der Waals surface area contributed by atoms with E-state index in [-0.39, 0.29) is 0 Å². The van der Waals surface area contributed by atoms with E-state index < -0.39 is 5.41 Å². The highest BCUT2D eigenvalue weighted by Crippen LogP contribution is 2.46. The molecule has 2 aromatic heterocycles. The molecule has 0 saturated heterocycles. The van der Waals surface area contributed by atoms with Crippen LogP contribution in [0.5, 0.6) is 0 Å². The molecule has 0 fully saturated rings. The van der Waals surface area contributed by atoms with E-state index in [0.717, 1.165) is 11.4 Å². The average molecular weight is 489 g/mol. The van der Waals surface area contributed by atoms with Gasteiger partial charge in [0, 0.05) is 40.0 Å². The van der Waals surface area contributed by atoms with Crippen molar-refractivity contribution in [2.75, 3.05) is 0 Å². The molecule has 0 radical (unpaired) electrons. The van der Waals surface area contributed by atoms with Gasteiger partial charge in [0.1, 0.15) is 0 Å². The van der Waals surface area contributed by atoms with E-state index in [0.29, 0.717) is 0 Å². The summed E-state index contributed by atoms with van der Waals surface area (Å²) in [6, 6.07) is 49.8. The van der Waals surface area contributed by atoms with Crippen molar-refractivity contribution in [3.05, 3.63) is 169 Å². The van der Waals surface area contributed by atoms with Gasteiger partial charge in [-0.05, 0) is 60.0 Å². The highest BCUT2D eigenvalue weighted by molar-refractivity contribution is 5.92. The molecule has 38 heavy (non-hydrogen) atoms. The van der Waals surface area contributed by atoms with Crippen LogP contribution in [0.3, 0.4) is 0 Å². The van der Waals surface area contributed by atoms with Crippen LogP contribution in [0.25, 0.3) is 33.2 Å². The second-order valence-corrected chi connectivity index (χ2v) is 10.0. The maximum absolute atomic E-state index is 2.39. The van der Waals surface area contributed by atoms with Crippen molar-refractivity contribution in [3.8, 4) is 11.4 Å². The molecule has 0 amide bonds. The van der Waals surface area contributed by atoms with Crippen molar-refractivity contribution < 1.29 is 0 Å². The Labute approximate surface area is 223 Å². The van der Waals surface area contributed by atoms with E-state index in [9.17, 15) is 0 Å². The summed E-state index contributed by atoms with van der Waals surface area (Å²) in [6.07, 6.45) is 4.70. The van der Waals surface area contributed by atoms with Crippen LogP contribution in [0.1, 0.15) is 23.6 Å². The van der Waals surface area contributed by atoms with Crippen molar-refractivity contribution in [1.29, 1.82) is 0 Å². The minimum atomic E-state index is -0.402. The van der Waals surface area contributed by atoms with Gasteiger partial charge in [-0.2, -0.15) is 0 Å². The highest BCUT2D eigenvalue weighted by Gasteiger charge is 2.37. The number of aromatic nitrogens is 2. The van der Waals surface area contributed by atoms with E-state index in [1.165, 1.54) is 38.5 Å². The van der Waals surface area contributed by atoms with Gasteiger partial charge in [0.2, 0.25) is 0 Å². The monoisotopic (exact) mass is 488 g/mol. The van der Waals surface area contributed by atoms with Gasteiger partial charge in [-0.3, -0.25) is 0 Å². The molecule has 182 valence electrons. The number of benzene rings is 5. The highest BCUT2D eigenvalue weighted by atomic mass is 15.0. The lowest BCUT2D eigenvalue weighted by Gasteiger charge is -2.31. The third kappa shape index (κ3) is 3.42. The van der Waals surface area contributed by atoms with Crippen molar-refractivity contribution in [1.82, 2.24) is 9.13 Å². The molecule has 0 bridgehead atoms. The third-order valence-electron chi connectivity index (χ3n) is 7.92. The SMILES string of the molecule is CC(c1ccccc1)(c1cn(-c2ccccc2)c2ccccc12)c1cn(-c2ccccc2)c2ccccc12. The Morgan fingerprint density at radius 2 is 0.789 bits per heavy atom. The van der Waals surface area contributed by atoms with Crippen LogP contribution in [0, 0.1) is 0 Å². The van der Waals surface area contributed by atoms with E-state index in [1.807, 2.05) is 0 Å². The fraction of sp³-hybridized carbons (Fsp3) is 0.0556. The fourth-order valence-corrected chi connectivity index (χ4v) is 5.99. The van der Waals surface area contributed by atoms with Gasteiger partial charge in [-0.1, -0.05) is 103 Å². The number of fused-ring (bicyclic) bond motifs is 2. The Hall–Kier alpha value is -4.82. The first-order chi connectivity index (χ1) is 18.7. The van der Waals surface area contributed by atoms with Gasteiger partial charge in [-0.15, -0.1) is 0 Å². The molecule has 7 rings (SSSR count). The summed E-state index contributed by atoms with van der Waals surface area (Å²) in [5.74, 6) is 0. The molecule has 5 aromatic carbocycles. The molecular formula is C36H28N2. The normalized spacial score (nSPS) is 11.8. The Morgan fingerprint density at radius 3 is 1.24 bits per heavy atom. The van der Waals surface area contributed by atoms with Gasteiger partial charge in [0.05, 0.1) is 11.0 Å². The van der Waals surface area contributed by atoms with Crippen LogP contribution in [0.4, 0.5) is 0 Å². The molecule has 0 aliphatic carbocycles. The van der Waals surface area contributed by atoms with E-state index >= 15 is 0 Å². The first kappa shape index (κ1) is 22.4. The first-order valence-corrected chi connectivity index (χ1v) is 13.1. The van der Waals surface area contributed by atoms with Gasteiger partial charge in [0.15, 0.2) is 0 Å². The smallest absolute Gasteiger partial charge is 0.0531 e. The third-order valence-corrected chi connectivity index (χ3v) is 7.92.